The maximum atomic E-state index is 10.9. The first kappa shape index (κ1) is 24.1. The van der Waals surface area contributed by atoms with Gasteiger partial charge in [0.05, 0.1) is 5.56 Å². The maximum Gasteiger partial charge on any atom is 1.00 e. The molecule has 1 aliphatic rings. The number of carboxylic acids is 1. The number of anilines is 1. The van der Waals surface area contributed by atoms with Crippen LogP contribution < -0.4 is 34.5 Å². The summed E-state index contributed by atoms with van der Waals surface area (Å²) in [6.07, 6.45) is 12.0. The number of rotatable bonds is 7. The molecule has 0 bridgehead atoms. The van der Waals surface area contributed by atoms with Crippen LogP contribution in [-0.2, 0) is 13.5 Å². The Morgan fingerprint density at radius 3 is 2.61 bits per heavy atom. The molecule has 1 N–H and O–H groups in total. The van der Waals surface area contributed by atoms with Crippen molar-refractivity contribution in [2.75, 3.05) is 18.0 Å². The molecule has 31 heavy (non-hydrogen) atoms. The summed E-state index contributed by atoms with van der Waals surface area (Å²) in [4.78, 5) is 21.5. The van der Waals surface area contributed by atoms with Gasteiger partial charge in [-0.3, -0.25) is 0 Å². The number of hydrogen-bond donors (Lipinski definition) is 1. The number of aromatic nitrogens is 3. The number of nitrogens with zero attached hydrogens (tertiary/aromatic N) is 4. The van der Waals surface area contributed by atoms with Crippen LogP contribution in [0.4, 0.5) is 5.95 Å². The monoisotopic (exact) mass is 450 g/mol. The number of halogens is 1. The summed E-state index contributed by atoms with van der Waals surface area (Å²) in [5, 5.41) is 11.0. The Balaban J connectivity index is 0.00000181. The van der Waals surface area contributed by atoms with Crippen molar-refractivity contribution in [3.63, 3.8) is 0 Å². The van der Waals surface area contributed by atoms with E-state index in [0.717, 1.165) is 43.3 Å². The van der Waals surface area contributed by atoms with Gasteiger partial charge in [-0.15, -0.1) is 0 Å². The van der Waals surface area contributed by atoms with Crippen molar-refractivity contribution in [2.45, 2.75) is 38.5 Å². The van der Waals surface area contributed by atoms with E-state index in [1.54, 1.807) is 0 Å². The van der Waals surface area contributed by atoms with E-state index < -0.39 is 5.97 Å². The number of hydrogen-bond acceptors (Lipinski definition) is 4. The van der Waals surface area contributed by atoms with E-state index in [4.69, 9.17) is 16.7 Å². The molecule has 3 heterocycles. The average Bonchev–Trinajstić information content (AvgIpc) is 3.06. The zero-order valence-corrected chi connectivity index (χ0v) is 21.0. The van der Waals surface area contributed by atoms with E-state index in [1.165, 1.54) is 48.1 Å². The Morgan fingerprint density at radius 1 is 1.23 bits per heavy atom. The third kappa shape index (κ3) is 5.80. The molecule has 0 radical (unpaired) electrons. The molecule has 0 unspecified atom stereocenters. The van der Waals surface area contributed by atoms with Crippen LogP contribution in [0, 0.1) is 5.92 Å². The van der Waals surface area contributed by atoms with Crippen LogP contribution in [0.15, 0.2) is 36.8 Å². The fourth-order valence-electron chi connectivity index (χ4n) is 4.41. The predicted molar refractivity (Wildman–Crippen MR) is 121 cm³/mol. The summed E-state index contributed by atoms with van der Waals surface area (Å²) < 4.78 is 2.18. The van der Waals surface area contributed by atoms with Gasteiger partial charge in [-0.2, -0.15) is 0 Å². The molecule has 6 nitrogen and oxygen atoms in total. The SMILES string of the molecule is Cn1cc(CCCCC2CCN(c3ncc(C(=O)O)cn3)CC2)c2cc(Cl)ccc21.[H-].[Na+]. The second-order valence-corrected chi connectivity index (χ2v) is 8.62. The van der Waals surface area contributed by atoms with Crippen LogP contribution >= 0.6 is 11.6 Å². The van der Waals surface area contributed by atoms with E-state index >= 15 is 0 Å². The average molecular weight is 451 g/mol. The number of unbranched alkanes of at least 4 members (excludes halogenated alkanes) is 1. The van der Waals surface area contributed by atoms with Gasteiger partial charge in [0.15, 0.2) is 0 Å². The Hall–Kier alpha value is -1.60. The van der Waals surface area contributed by atoms with Crippen LogP contribution in [0.5, 0.6) is 0 Å². The van der Waals surface area contributed by atoms with Crippen molar-refractivity contribution in [3.05, 3.63) is 52.9 Å². The van der Waals surface area contributed by atoms with Crippen molar-refractivity contribution in [1.29, 1.82) is 0 Å². The van der Waals surface area contributed by atoms with Crippen molar-refractivity contribution in [3.8, 4) is 0 Å². The molecule has 0 spiro atoms. The number of fused-ring (bicyclic) bond motifs is 1. The predicted octanol–water partition coefficient (Wildman–Crippen LogP) is 2.07. The molecule has 2 aromatic heterocycles. The Labute approximate surface area is 211 Å². The number of piperidine rings is 1. The van der Waals surface area contributed by atoms with E-state index in [1.807, 2.05) is 6.07 Å². The zero-order chi connectivity index (χ0) is 21.1. The summed E-state index contributed by atoms with van der Waals surface area (Å²) in [7, 11) is 2.09. The number of aryl methyl sites for hydroxylation is 2. The topological polar surface area (TPSA) is 71.2 Å². The van der Waals surface area contributed by atoms with Crippen molar-refractivity contribution in [1.82, 2.24) is 14.5 Å². The van der Waals surface area contributed by atoms with Gasteiger partial charge in [0.1, 0.15) is 0 Å². The molecule has 0 amide bonds. The summed E-state index contributed by atoms with van der Waals surface area (Å²) in [5.41, 5.74) is 2.74. The second-order valence-electron chi connectivity index (χ2n) is 8.18. The number of carbonyl (C=O) groups is 1. The van der Waals surface area contributed by atoms with E-state index in [0.29, 0.717) is 5.95 Å². The summed E-state index contributed by atoms with van der Waals surface area (Å²) in [5.74, 6) is 0.376. The van der Waals surface area contributed by atoms with Crippen molar-refractivity contribution in [2.24, 2.45) is 13.0 Å². The van der Waals surface area contributed by atoms with Crippen LogP contribution in [-0.4, -0.2) is 38.7 Å². The molecule has 1 aliphatic heterocycles. The summed E-state index contributed by atoms with van der Waals surface area (Å²) in [6.45, 7) is 1.86. The summed E-state index contributed by atoms with van der Waals surface area (Å²) >= 11 is 6.19. The number of aromatic carboxylic acids is 1. The molecule has 4 rings (SSSR count). The molecule has 1 aromatic carbocycles. The van der Waals surface area contributed by atoms with Gasteiger partial charge in [0.2, 0.25) is 5.95 Å². The standard InChI is InChI=1S/C23H27ClN4O2.Na.H/c1-27-15-17(20-12-19(24)6-7-21(20)27)5-3-2-4-16-8-10-28(11-9-16)23-25-13-18(14-26-23)22(29)30;;/h6-7,12-16H,2-5,8-11H2,1H3,(H,29,30);;/q;+1;-1. The first-order valence-corrected chi connectivity index (χ1v) is 10.9. The molecule has 8 heteroatoms. The van der Waals surface area contributed by atoms with E-state index in [-0.39, 0.29) is 36.5 Å². The fourth-order valence-corrected chi connectivity index (χ4v) is 4.58. The van der Waals surface area contributed by atoms with Crippen LogP contribution in [0.2, 0.25) is 5.02 Å². The Kier molecular flexibility index (Phi) is 8.39. The first-order valence-electron chi connectivity index (χ1n) is 10.5. The molecular weight excluding hydrogens is 423 g/mol. The van der Waals surface area contributed by atoms with Gasteiger partial charge in [-0.25, -0.2) is 14.8 Å². The van der Waals surface area contributed by atoms with E-state index in [9.17, 15) is 4.79 Å². The first-order chi connectivity index (χ1) is 14.5. The van der Waals surface area contributed by atoms with Crippen molar-refractivity contribution < 1.29 is 40.9 Å². The van der Waals surface area contributed by atoms with Gasteiger partial charge in [-0.1, -0.05) is 24.4 Å². The Morgan fingerprint density at radius 2 is 1.94 bits per heavy atom. The molecule has 1 saturated heterocycles. The second kappa shape index (κ2) is 10.8. The van der Waals surface area contributed by atoms with Crippen LogP contribution in [0.1, 0.15) is 49.5 Å². The normalized spacial score (nSPS) is 14.6. The van der Waals surface area contributed by atoms with Crippen LogP contribution in [0.3, 0.4) is 0 Å². The minimum absolute atomic E-state index is 0. The molecule has 0 saturated carbocycles. The quantitative estimate of drug-likeness (QED) is 0.440. The third-order valence-corrected chi connectivity index (χ3v) is 6.36. The molecule has 1 fully saturated rings. The number of benzene rings is 1. The zero-order valence-electron chi connectivity index (χ0n) is 19.2. The molecule has 3 aromatic rings. The Bertz CT molecular complexity index is 1040. The molecule has 0 aliphatic carbocycles. The molecular formula is C23H28ClN4NaO2. The van der Waals surface area contributed by atoms with Crippen LogP contribution in [0.25, 0.3) is 10.9 Å². The van der Waals surface area contributed by atoms with Crippen molar-refractivity contribution >= 4 is 34.4 Å². The minimum atomic E-state index is -0.994. The third-order valence-electron chi connectivity index (χ3n) is 6.13. The molecule has 0 atom stereocenters. The van der Waals surface area contributed by atoms with Gasteiger partial charge < -0.3 is 16.0 Å². The number of carboxylic acid groups (broad SMARTS) is 1. The van der Waals surface area contributed by atoms with Gasteiger partial charge >= 0.3 is 35.5 Å². The van der Waals surface area contributed by atoms with Gasteiger partial charge in [0.25, 0.3) is 0 Å². The minimum Gasteiger partial charge on any atom is -1.00 e. The fraction of sp³-hybridized carbons (Fsp3) is 0.435. The van der Waals surface area contributed by atoms with Gasteiger partial charge in [-0.05, 0) is 55.4 Å². The smallest absolute Gasteiger partial charge is 1.00 e. The van der Waals surface area contributed by atoms with Gasteiger partial charge in [0, 0.05) is 54.7 Å². The van der Waals surface area contributed by atoms with E-state index in [2.05, 4.69) is 44.8 Å². The molecule has 160 valence electrons. The summed E-state index contributed by atoms with van der Waals surface area (Å²) in [6, 6.07) is 6.12. The largest absolute Gasteiger partial charge is 1.00 e. The maximum absolute atomic E-state index is 10.9.